The molecule has 0 aliphatic carbocycles. The summed E-state index contributed by atoms with van der Waals surface area (Å²) in [6, 6.07) is 21.0. The Bertz CT molecular complexity index is 1720. The third-order valence-electron chi connectivity index (χ3n) is 7.55. The first-order valence-corrected chi connectivity index (χ1v) is 16.9. The highest BCUT2D eigenvalue weighted by atomic mass is 32.2. The number of sulfonamides is 1. The predicted octanol–water partition coefficient (Wildman–Crippen LogP) is 6.57. The molecule has 2 amide bonds. The molecule has 0 aliphatic heterocycles. The van der Waals surface area contributed by atoms with Gasteiger partial charge in [0.2, 0.25) is 5.91 Å². The Hall–Kier alpha value is -4.97. The zero-order chi connectivity index (χ0) is 34.4. The first-order valence-electron chi connectivity index (χ1n) is 15.4. The van der Waals surface area contributed by atoms with Crippen LogP contribution in [0.4, 0.5) is 17.1 Å². The minimum Gasteiger partial charge on any atom is -0.381 e. The lowest BCUT2D eigenvalue weighted by Crippen LogP contribution is -2.31. The number of nitrogens with zero attached hydrogens (tertiary/aromatic N) is 1. The zero-order valence-electron chi connectivity index (χ0n) is 27.2. The second-order valence-corrected chi connectivity index (χ2v) is 13.2. The van der Waals surface area contributed by atoms with Crippen molar-refractivity contribution in [1.29, 1.82) is 0 Å². The van der Waals surface area contributed by atoms with Gasteiger partial charge in [0.15, 0.2) is 0 Å². The molecule has 0 saturated carbocycles. The Kier molecular flexibility index (Phi) is 13.7. The standard InChI is InChI=1S/C35H43N5O6S/c1-25(11-8-12-26(2)24-37-29-14-6-5-7-15-29)19-20-33(40(43)44)35(42)36-22-21-34(41)38-30-16-10-17-31(23-30)47(45,46)39-32-18-9-13-27(3)28(32)4/h5-7,9-10,12-18,20,23,25,37,39H,8,11,19,21-22,24H2,1-4H3,(H,36,42)(H,38,41). The summed E-state index contributed by atoms with van der Waals surface area (Å²) >= 11 is 0. The number of carbonyl (C=O) groups excluding carboxylic acids is 2. The highest BCUT2D eigenvalue weighted by Gasteiger charge is 2.22. The largest absolute Gasteiger partial charge is 0.381 e. The van der Waals surface area contributed by atoms with Gasteiger partial charge in [0.25, 0.3) is 10.0 Å². The molecule has 4 N–H and O–H groups in total. The molecule has 1 atom stereocenters. The maximum Gasteiger partial charge on any atom is 0.329 e. The molecular weight excluding hydrogens is 618 g/mol. The highest BCUT2D eigenvalue weighted by Crippen LogP contribution is 2.23. The van der Waals surface area contributed by atoms with Crippen LogP contribution >= 0.6 is 0 Å². The van der Waals surface area contributed by atoms with Crippen molar-refractivity contribution in [3.63, 3.8) is 0 Å². The van der Waals surface area contributed by atoms with Crippen molar-refractivity contribution in [1.82, 2.24) is 5.32 Å². The molecule has 1 unspecified atom stereocenters. The number of benzene rings is 3. The Balaban J connectivity index is 1.45. The number of hydrogen-bond donors (Lipinski definition) is 4. The number of hydrogen-bond acceptors (Lipinski definition) is 7. The predicted molar refractivity (Wildman–Crippen MR) is 186 cm³/mol. The van der Waals surface area contributed by atoms with E-state index in [4.69, 9.17) is 0 Å². The summed E-state index contributed by atoms with van der Waals surface area (Å²) < 4.78 is 28.5. The van der Waals surface area contributed by atoms with Crippen LogP contribution in [-0.4, -0.2) is 38.2 Å². The number of allylic oxidation sites excluding steroid dienone is 2. The maximum absolute atomic E-state index is 13.0. The van der Waals surface area contributed by atoms with Crippen LogP contribution in [0.1, 0.15) is 50.7 Å². The Morgan fingerprint density at radius 1 is 0.957 bits per heavy atom. The topological polar surface area (TPSA) is 160 Å². The van der Waals surface area contributed by atoms with Gasteiger partial charge in [-0.3, -0.25) is 24.4 Å². The molecule has 47 heavy (non-hydrogen) atoms. The van der Waals surface area contributed by atoms with Crippen molar-refractivity contribution in [2.45, 2.75) is 58.3 Å². The summed E-state index contributed by atoms with van der Waals surface area (Å²) in [7, 11) is -3.92. The molecule has 0 aliphatic rings. The van der Waals surface area contributed by atoms with Crippen molar-refractivity contribution >= 4 is 38.9 Å². The van der Waals surface area contributed by atoms with E-state index in [1.54, 1.807) is 18.2 Å². The summed E-state index contributed by atoms with van der Waals surface area (Å²) in [6.07, 6.45) is 5.26. The highest BCUT2D eigenvalue weighted by molar-refractivity contribution is 7.92. The monoisotopic (exact) mass is 661 g/mol. The van der Waals surface area contributed by atoms with E-state index in [2.05, 4.69) is 26.7 Å². The number of para-hydroxylation sites is 1. The van der Waals surface area contributed by atoms with Gasteiger partial charge in [-0.2, -0.15) is 0 Å². The average molecular weight is 662 g/mol. The molecule has 0 spiro atoms. The van der Waals surface area contributed by atoms with Crippen molar-refractivity contribution in [2.75, 3.05) is 28.4 Å². The minimum atomic E-state index is -3.92. The van der Waals surface area contributed by atoms with Crippen molar-refractivity contribution in [3.8, 4) is 0 Å². The molecule has 11 nitrogen and oxygen atoms in total. The van der Waals surface area contributed by atoms with E-state index in [1.807, 2.05) is 64.1 Å². The van der Waals surface area contributed by atoms with Crippen molar-refractivity contribution in [2.24, 2.45) is 5.92 Å². The average Bonchev–Trinajstić information content (AvgIpc) is 3.02. The van der Waals surface area contributed by atoms with Gasteiger partial charge in [-0.05, 0) is 99.6 Å². The van der Waals surface area contributed by atoms with E-state index in [0.717, 1.165) is 36.2 Å². The van der Waals surface area contributed by atoms with Gasteiger partial charge in [-0.25, -0.2) is 8.42 Å². The van der Waals surface area contributed by atoms with Gasteiger partial charge < -0.3 is 16.0 Å². The van der Waals surface area contributed by atoms with Gasteiger partial charge in [-0.15, -0.1) is 0 Å². The summed E-state index contributed by atoms with van der Waals surface area (Å²) in [6.45, 7) is 8.31. The van der Waals surface area contributed by atoms with Gasteiger partial charge in [0, 0.05) is 30.9 Å². The Morgan fingerprint density at radius 2 is 1.66 bits per heavy atom. The quantitative estimate of drug-likeness (QED) is 0.0551. The van der Waals surface area contributed by atoms with Crippen LogP contribution in [0.2, 0.25) is 0 Å². The summed E-state index contributed by atoms with van der Waals surface area (Å²) in [4.78, 5) is 35.9. The number of anilines is 3. The number of nitro groups is 1. The molecule has 0 fully saturated rings. The van der Waals surface area contributed by atoms with Crippen LogP contribution in [0.25, 0.3) is 0 Å². The minimum absolute atomic E-state index is 0.0364. The van der Waals surface area contributed by atoms with E-state index in [9.17, 15) is 28.1 Å². The molecule has 0 saturated heterocycles. The lowest BCUT2D eigenvalue weighted by Gasteiger charge is -2.13. The molecular formula is C35H43N5O6S. The van der Waals surface area contributed by atoms with Gasteiger partial charge in [-0.1, -0.05) is 55.0 Å². The molecule has 3 aromatic carbocycles. The first-order chi connectivity index (χ1) is 22.4. The van der Waals surface area contributed by atoms with E-state index in [-0.39, 0.29) is 29.5 Å². The van der Waals surface area contributed by atoms with Gasteiger partial charge in [0.05, 0.1) is 15.5 Å². The molecule has 0 radical (unpaired) electrons. The van der Waals surface area contributed by atoms with Crippen LogP contribution in [-0.2, 0) is 19.6 Å². The van der Waals surface area contributed by atoms with Crippen LogP contribution in [0.5, 0.6) is 0 Å². The van der Waals surface area contributed by atoms with Crippen LogP contribution < -0.4 is 20.7 Å². The third-order valence-corrected chi connectivity index (χ3v) is 8.92. The van der Waals surface area contributed by atoms with E-state index in [0.29, 0.717) is 12.1 Å². The molecule has 0 bridgehead atoms. The fourth-order valence-corrected chi connectivity index (χ4v) is 5.74. The molecule has 0 aromatic heterocycles. The third kappa shape index (κ3) is 12.0. The van der Waals surface area contributed by atoms with Crippen LogP contribution in [0, 0.1) is 29.9 Å². The zero-order valence-corrected chi connectivity index (χ0v) is 28.0. The van der Waals surface area contributed by atoms with E-state index in [1.165, 1.54) is 29.8 Å². The first kappa shape index (κ1) is 36.5. The number of rotatable bonds is 17. The molecule has 0 heterocycles. The molecule has 3 rings (SSSR count). The Morgan fingerprint density at radius 3 is 2.38 bits per heavy atom. The lowest BCUT2D eigenvalue weighted by molar-refractivity contribution is -0.419. The molecule has 12 heteroatoms. The second kappa shape index (κ2) is 17.7. The summed E-state index contributed by atoms with van der Waals surface area (Å²) in [5, 5.41) is 20.0. The maximum atomic E-state index is 13.0. The van der Waals surface area contributed by atoms with Crippen molar-refractivity contribution < 1.29 is 22.9 Å². The number of aryl methyl sites for hydroxylation is 1. The molecule has 250 valence electrons. The SMILES string of the molecule is CC(=CCCC(C)CC=C(C(=O)NCCC(=O)Nc1cccc(S(=O)(=O)Nc2cccc(C)c2C)c1)[N+](=O)[O-])CNc1ccccc1. The summed E-state index contributed by atoms with van der Waals surface area (Å²) in [5.41, 5.74) is 4.13. The second-order valence-electron chi connectivity index (χ2n) is 11.5. The molecule has 3 aromatic rings. The lowest BCUT2D eigenvalue weighted by atomic mass is 10.00. The van der Waals surface area contributed by atoms with Gasteiger partial charge >= 0.3 is 11.6 Å². The Labute approximate surface area is 276 Å². The normalized spacial score (nSPS) is 12.6. The van der Waals surface area contributed by atoms with E-state index < -0.39 is 32.5 Å². The summed E-state index contributed by atoms with van der Waals surface area (Å²) in [5.74, 6) is -1.25. The fraction of sp³-hybridized carbons (Fsp3) is 0.314. The fourth-order valence-electron chi connectivity index (χ4n) is 4.57. The van der Waals surface area contributed by atoms with Gasteiger partial charge in [0.1, 0.15) is 0 Å². The van der Waals surface area contributed by atoms with Crippen molar-refractivity contribution in [3.05, 3.63) is 117 Å². The number of amides is 2. The smallest absolute Gasteiger partial charge is 0.329 e. The number of nitrogens with one attached hydrogen (secondary N) is 4. The van der Waals surface area contributed by atoms with E-state index >= 15 is 0 Å². The number of carbonyl (C=O) groups is 2. The van der Waals surface area contributed by atoms with Crippen LogP contribution in [0.15, 0.2) is 101 Å². The van der Waals surface area contributed by atoms with Crippen LogP contribution in [0.3, 0.4) is 0 Å².